The van der Waals surface area contributed by atoms with Gasteiger partial charge in [0, 0.05) is 5.92 Å². The average molecular weight is 328 g/mol. The third-order valence-electron chi connectivity index (χ3n) is 4.89. The summed E-state index contributed by atoms with van der Waals surface area (Å²) >= 11 is 0. The molecule has 0 bridgehead atoms. The predicted octanol–water partition coefficient (Wildman–Crippen LogP) is 5.65. The number of hydrogen-bond donors (Lipinski definition) is 2. The number of allylic oxidation sites excluding steroid dienone is 7. The first-order valence-corrected chi connectivity index (χ1v) is 8.61. The quantitative estimate of drug-likeness (QED) is 0.764. The third-order valence-corrected chi connectivity index (χ3v) is 4.89. The van der Waals surface area contributed by atoms with Crippen molar-refractivity contribution in [1.82, 2.24) is 0 Å². The van der Waals surface area contributed by atoms with Crippen LogP contribution < -0.4 is 0 Å². The summed E-state index contributed by atoms with van der Waals surface area (Å²) in [5.41, 5.74) is 6.82. The number of aliphatic hydroxyl groups is 1. The molecular weight excluding hydrogens is 308 g/mol. The number of hydrogen-bond acceptors (Lipinski definition) is 2. The third kappa shape index (κ3) is 2.70. The lowest BCUT2D eigenvalue weighted by Gasteiger charge is -2.21. The van der Waals surface area contributed by atoms with Crippen LogP contribution in [0.1, 0.15) is 24.5 Å². The molecule has 2 heteroatoms. The van der Waals surface area contributed by atoms with Crippen molar-refractivity contribution in [2.24, 2.45) is 5.92 Å². The first-order valence-electron chi connectivity index (χ1n) is 8.61. The molecule has 0 heterocycles. The fourth-order valence-electron chi connectivity index (χ4n) is 3.67. The van der Waals surface area contributed by atoms with Crippen LogP contribution in [-0.2, 0) is 0 Å². The molecule has 0 amide bonds. The van der Waals surface area contributed by atoms with Gasteiger partial charge < -0.3 is 10.2 Å². The highest BCUT2D eigenvalue weighted by Gasteiger charge is 2.30. The Balaban J connectivity index is 1.94. The zero-order chi connectivity index (χ0) is 17.4. The van der Waals surface area contributed by atoms with E-state index in [2.05, 4.69) is 25.1 Å². The molecule has 0 fully saturated rings. The topological polar surface area (TPSA) is 40.5 Å². The van der Waals surface area contributed by atoms with Crippen molar-refractivity contribution in [3.8, 4) is 5.75 Å². The Morgan fingerprint density at radius 1 is 0.840 bits per heavy atom. The molecule has 2 aliphatic rings. The van der Waals surface area contributed by atoms with Crippen LogP contribution >= 0.6 is 0 Å². The van der Waals surface area contributed by atoms with E-state index in [4.69, 9.17) is 0 Å². The van der Waals surface area contributed by atoms with Crippen LogP contribution in [0.25, 0.3) is 11.1 Å². The van der Waals surface area contributed by atoms with Gasteiger partial charge in [-0.3, -0.25) is 0 Å². The number of rotatable bonds is 3. The molecule has 0 saturated carbocycles. The summed E-state index contributed by atoms with van der Waals surface area (Å²) in [7, 11) is 0. The van der Waals surface area contributed by atoms with Gasteiger partial charge in [-0.15, -0.1) is 0 Å². The van der Waals surface area contributed by atoms with Gasteiger partial charge in [0.05, 0.1) is 0 Å². The van der Waals surface area contributed by atoms with Crippen LogP contribution in [0, 0.1) is 5.92 Å². The summed E-state index contributed by atoms with van der Waals surface area (Å²) in [5, 5.41) is 19.8. The average Bonchev–Trinajstić information content (AvgIpc) is 3.01. The van der Waals surface area contributed by atoms with Gasteiger partial charge in [-0.25, -0.2) is 0 Å². The minimum atomic E-state index is 0.216. The van der Waals surface area contributed by atoms with Crippen molar-refractivity contribution in [2.45, 2.75) is 13.3 Å². The molecule has 25 heavy (non-hydrogen) atoms. The molecule has 0 spiro atoms. The lowest BCUT2D eigenvalue weighted by atomic mass is 9.83. The van der Waals surface area contributed by atoms with Crippen LogP contribution in [0.2, 0.25) is 0 Å². The molecular formula is C23H20O2. The van der Waals surface area contributed by atoms with Gasteiger partial charge in [0.1, 0.15) is 11.5 Å². The van der Waals surface area contributed by atoms with E-state index in [-0.39, 0.29) is 11.7 Å². The Bertz CT molecular complexity index is 926. The van der Waals surface area contributed by atoms with E-state index >= 15 is 0 Å². The molecule has 2 aromatic rings. The van der Waals surface area contributed by atoms with Gasteiger partial charge in [0.25, 0.3) is 0 Å². The highest BCUT2D eigenvalue weighted by atomic mass is 16.3. The van der Waals surface area contributed by atoms with Crippen molar-refractivity contribution in [2.75, 3.05) is 0 Å². The second-order valence-electron chi connectivity index (χ2n) is 6.47. The Morgan fingerprint density at radius 2 is 1.56 bits per heavy atom. The first kappa shape index (κ1) is 15.5. The van der Waals surface area contributed by atoms with Gasteiger partial charge in [-0.05, 0) is 70.2 Å². The molecule has 0 radical (unpaired) electrons. The summed E-state index contributed by atoms with van der Waals surface area (Å²) < 4.78 is 0. The Kier molecular flexibility index (Phi) is 3.81. The molecule has 124 valence electrons. The molecule has 0 saturated heterocycles. The number of aromatic hydroxyl groups is 1. The fourth-order valence-corrected chi connectivity index (χ4v) is 3.67. The molecule has 2 nitrogen and oxygen atoms in total. The summed E-state index contributed by atoms with van der Waals surface area (Å²) in [6.45, 7) is 2.14. The van der Waals surface area contributed by atoms with Crippen molar-refractivity contribution >= 4 is 11.1 Å². The Morgan fingerprint density at radius 3 is 2.24 bits per heavy atom. The lowest BCUT2D eigenvalue weighted by Crippen LogP contribution is -2.07. The highest BCUT2D eigenvalue weighted by Crippen LogP contribution is 2.48. The van der Waals surface area contributed by atoms with E-state index in [9.17, 15) is 10.2 Å². The minimum absolute atomic E-state index is 0.216. The van der Waals surface area contributed by atoms with Crippen molar-refractivity contribution < 1.29 is 10.2 Å². The zero-order valence-electron chi connectivity index (χ0n) is 14.1. The molecule has 0 aliphatic heterocycles. The fraction of sp³-hybridized carbons (Fsp3) is 0.130. The van der Waals surface area contributed by atoms with Crippen molar-refractivity contribution in [3.63, 3.8) is 0 Å². The van der Waals surface area contributed by atoms with Crippen LogP contribution in [0.4, 0.5) is 0 Å². The number of benzene rings is 2. The minimum Gasteiger partial charge on any atom is -0.508 e. The van der Waals surface area contributed by atoms with Gasteiger partial charge in [-0.1, -0.05) is 49.4 Å². The van der Waals surface area contributed by atoms with E-state index in [1.165, 1.54) is 5.57 Å². The molecule has 4 rings (SSSR count). The number of phenols is 1. The monoisotopic (exact) mass is 328 g/mol. The van der Waals surface area contributed by atoms with Crippen LogP contribution in [-0.4, -0.2) is 10.2 Å². The van der Waals surface area contributed by atoms with Gasteiger partial charge >= 0.3 is 0 Å². The summed E-state index contributed by atoms with van der Waals surface area (Å²) in [5.74, 6) is 0.811. The Labute approximate surface area is 147 Å². The normalized spacial score (nSPS) is 19.2. The maximum Gasteiger partial charge on any atom is 0.115 e. The van der Waals surface area contributed by atoms with Crippen molar-refractivity contribution in [3.05, 3.63) is 101 Å². The summed E-state index contributed by atoms with van der Waals surface area (Å²) in [6.07, 6.45) is 6.97. The lowest BCUT2D eigenvalue weighted by molar-refractivity contribution is 0.421. The van der Waals surface area contributed by atoms with E-state index in [1.54, 1.807) is 12.1 Å². The molecule has 2 aliphatic carbocycles. The maximum atomic E-state index is 10.2. The van der Waals surface area contributed by atoms with Gasteiger partial charge in [0.2, 0.25) is 0 Å². The standard InChI is InChI=1S/C23H20O2/c1-2-15-12-19(25)13-22-20(15)14-21(16-8-10-18(24)11-9-16)23(22)17-6-4-3-5-7-17/h3-15,24-25H,2H2,1H3. The predicted molar refractivity (Wildman–Crippen MR) is 102 cm³/mol. The van der Waals surface area contributed by atoms with Crippen LogP contribution in [0.15, 0.2) is 89.7 Å². The van der Waals surface area contributed by atoms with E-state index < -0.39 is 0 Å². The second kappa shape index (κ2) is 6.14. The van der Waals surface area contributed by atoms with Gasteiger partial charge in [0.15, 0.2) is 0 Å². The van der Waals surface area contributed by atoms with Gasteiger partial charge in [-0.2, -0.15) is 0 Å². The number of phenolic OH excluding ortho intramolecular Hbond substituents is 1. The largest absolute Gasteiger partial charge is 0.508 e. The number of fused-ring (bicyclic) bond motifs is 1. The van der Waals surface area contributed by atoms with E-state index in [1.807, 2.05) is 42.5 Å². The van der Waals surface area contributed by atoms with Crippen LogP contribution in [0.3, 0.4) is 0 Å². The number of aliphatic hydroxyl groups excluding tert-OH is 1. The first-order chi connectivity index (χ1) is 12.2. The Hall–Kier alpha value is -3.00. The second-order valence-corrected chi connectivity index (χ2v) is 6.47. The highest BCUT2D eigenvalue weighted by molar-refractivity contribution is 6.09. The SMILES string of the molecule is CCC1C=C(O)C=C2C1=CC(c1ccc(O)cc1)=C2c1ccccc1. The molecule has 2 N–H and O–H groups in total. The molecule has 0 aromatic heterocycles. The summed E-state index contributed by atoms with van der Waals surface area (Å²) in [6, 6.07) is 17.6. The molecule has 1 unspecified atom stereocenters. The maximum absolute atomic E-state index is 10.2. The van der Waals surface area contributed by atoms with E-state index in [0.717, 1.165) is 34.3 Å². The smallest absolute Gasteiger partial charge is 0.115 e. The summed E-state index contributed by atoms with van der Waals surface area (Å²) in [4.78, 5) is 0. The molecule has 1 atom stereocenters. The zero-order valence-corrected chi connectivity index (χ0v) is 14.1. The molecule has 2 aromatic carbocycles. The van der Waals surface area contributed by atoms with Crippen LogP contribution in [0.5, 0.6) is 5.75 Å². The van der Waals surface area contributed by atoms with E-state index in [0.29, 0.717) is 5.76 Å². The van der Waals surface area contributed by atoms with Crippen molar-refractivity contribution in [1.29, 1.82) is 0 Å².